The van der Waals surface area contributed by atoms with E-state index in [4.69, 9.17) is 16.3 Å². The highest BCUT2D eigenvalue weighted by Crippen LogP contribution is 2.39. The molecule has 1 atom stereocenters. The lowest BCUT2D eigenvalue weighted by Crippen LogP contribution is -2.09. The summed E-state index contributed by atoms with van der Waals surface area (Å²) in [5, 5.41) is 10.5. The van der Waals surface area contributed by atoms with Crippen molar-refractivity contribution in [3.63, 3.8) is 0 Å². The molecule has 5 heteroatoms. The molecule has 0 aliphatic rings. The Morgan fingerprint density at radius 3 is 2.58 bits per heavy atom. The number of halogens is 2. The minimum Gasteiger partial charge on any atom is -0.491 e. The number of aliphatic hydroxyl groups is 1. The van der Waals surface area contributed by atoms with Gasteiger partial charge >= 0.3 is 0 Å². The van der Waals surface area contributed by atoms with Gasteiger partial charge in [-0.15, -0.1) is 11.3 Å². The van der Waals surface area contributed by atoms with Gasteiger partial charge in [0.15, 0.2) is 0 Å². The minimum absolute atomic E-state index is 0.0620. The molecule has 0 bridgehead atoms. The minimum atomic E-state index is -0.733. The van der Waals surface area contributed by atoms with Crippen LogP contribution in [0.4, 0.5) is 0 Å². The number of rotatable bonds is 4. The van der Waals surface area contributed by atoms with Crippen LogP contribution in [-0.2, 0) is 0 Å². The van der Waals surface area contributed by atoms with Crippen LogP contribution in [0.2, 0.25) is 4.34 Å². The van der Waals surface area contributed by atoms with Crippen molar-refractivity contribution < 1.29 is 9.84 Å². The standard InChI is InChI=1S/C14H14BrClO2S/c1-8(2)18-11-6-4-3-5-9(11)13(17)12-7-10(15)14(16)19-12/h3-8,13,17H,1-2H3. The summed E-state index contributed by atoms with van der Waals surface area (Å²) in [7, 11) is 0. The third-order valence-corrected chi connectivity index (χ3v) is 5.04. The van der Waals surface area contributed by atoms with E-state index in [9.17, 15) is 5.11 Å². The maximum Gasteiger partial charge on any atom is 0.125 e. The number of hydrogen-bond donors (Lipinski definition) is 1. The van der Waals surface area contributed by atoms with E-state index < -0.39 is 6.10 Å². The van der Waals surface area contributed by atoms with Gasteiger partial charge in [0.1, 0.15) is 16.2 Å². The van der Waals surface area contributed by atoms with E-state index in [0.29, 0.717) is 10.1 Å². The summed E-state index contributed by atoms with van der Waals surface area (Å²) >= 11 is 10.7. The van der Waals surface area contributed by atoms with Gasteiger partial charge in [-0.1, -0.05) is 29.8 Å². The molecule has 102 valence electrons. The van der Waals surface area contributed by atoms with Crippen molar-refractivity contribution in [3.05, 3.63) is 49.6 Å². The molecule has 2 aromatic rings. The summed E-state index contributed by atoms with van der Waals surface area (Å²) in [6, 6.07) is 9.35. The lowest BCUT2D eigenvalue weighted by atomic mass is 10.1. The fourth-order valence-electron chi connectivity index (χ4n) is 1.72. The van der Waals surface area contributed by atoms with Crippen LogP contribution < -0.4 is 4.74 Å². The van der Waals surface area contributed by atoms with Gasteiger partial charge in [-0.2, -0.15) is 0 Å². The zero-order valence-corrected chi connectivity index (χ0v) is 13.7. The molecule has 1 heterocycles. The van der Waals surface area contributed by atoms with Gasteiger partial charge in [-0.25, -0.2) is 0 Å². The van der Waals surface area contributed by atoms with Crippen LogP contribution in [0, 0.1) is 0 Å². The molecule has 1 aromatic carbocycles. The summed E-state index contributed by atoms with van der Waals surface area (Å²) in [5.41, 5.74) is 0.751. The zero-order valence-electron chi connectivity index (χ0n) is 10.6. The van der Waals surface area contributed by atoms with Gasteiger partial charge < -0.3 is 9.84 Å². The number of para-hydroxylation sites is 1. The number of thiophene rings is 1. The Kier molecular flexibility index (Phi) is 4.90. The Labute approximate surface area is 130 Å². The van der Waals surface area contributed by atoms with Crippen LogP contribution in [0.25, 0.3) is 0 Å². The lowest BCUT2D eigenvalue weighted by molar-refractivity contribution is 0.200. The normalized spacial score (nSPS) is 12.7. The predicted molar refractivity (Wildman–Crippen MR) is 83.3 cm³/mol. The number of aliphatic hydroxyl groups excluding tert-OH is 1. The predicted octanol–water partition coefficient (Wildman–Crippen LogP) is 5.03. The molecule has 0 amide bonds. The van der Waals surface area contributed by atoms with E-state index in [1.54, 1.807) is 0 Å². The van der Waals surface area contributed by atoms with Gasteiger partial charge in [0.2, 0.25) is 0 Å². The molecule has 0 fully saturated rings. The Balaban J connectivity index is 2.35. The Hall–Kier alpha value is -0.550. The second-order valence-corrected chi connectivity index (χ2v) is 6.92. The molecule has 0 radical (unpaired) electrons. The second kappa shape index (κ2) is 6.27. The van der Waals surface area contributed by atoms with Crippen LogP contribution in [0.15, 0.2) is 34.8 Å². The smallest absolute Gasteiger partial charge is 0.125 e. The summed E-state index contributed by atoms with van der Waals surface area (Å²) in [6.45, 7) is 3.92. The van der Waals surface area contributed by atoms with E-state index in [1.807, 2.05) is 44.2 Å². The first kappa shape index (κ1) is 14.9. The maximum absolute atomic E-state index is 10.5. The van der Waals surface area contributed by atoms with Crippen molar-refractivity contribution in [2.24, 2.45) is 0 Å². The molecule has 0 aliphatic carbocycles. The number of ether oxygens (including phenoxy) is 1. The Bertz CT molecular complexity index is 549. The average Bonchev–Trinajstić information content (AvgIpc) is 2.69. The highest BCUT2D eigenvalue weighted by molar-refractivity contribution is 9.10. The third kappa shape index (κ3) is 3.51. The van der Waals surface area contributed by atoms with Gasteiger partial charge in [0.25, 0.3) is 0 Å². The van der Waals surface area contributed by atoms with Crippen molar-refractivity contribution >= 4 is 38.9 Å². The van der Waals surface area contributed by atoms with E-state index in [0.717, 1.165) is 14.9 Å². The quantitative estimate of drug-likeness (QED) is 0.827. The van der Waals surface area contributed by atoms with Crippen LogP contribution in [0.1, 0.15) is 30.4 Å². The SMILES string of the molecule is CC(C)Oc1ccccc1C(O)c1cc(Br)c(Cl)s1. The molecule has 19 heavy (non-hydrogen) atoms. The number of benzene rings is 1. The molecule has 0 saturated heterocycles. The van der Waals surface area contributed by atoms with E-state index >= 15 is 0 Å². The Morgan fingerprint density at radius 1 is 1.32 bits per heavy atom. The molecule has 1 unspecified atom stereocenters. The molecule has 2 rings (SSSR count). The molecule has 0 aliphatic heterocycles. The second-order valence-electron chi connectivity index (χ2n) is 4.38. The highest BCUT2D eigenvalue weighted by Gasteiger charge is 2.19. The third-order valence-electron chi connectivity index (χ3n) is 2.51. The molecule has 0 saturated carbocycles. The van der Waals surface area contributed by atoms with E-state index in [1.165, 1.54) is 11.3 Å². The first-order valence-electron chi connectivity index (χ1n) is 5.87. The monoisotopic (exact) mass is 360 g/mol. The van der Waals surface area contributed by atoms with E-state index in [2.05, 4.69) is 15.9 Å². The molecule has 1 aromatic heterocycles. The van der Waals surface area contributed by atoms with Crippen molar-refractivity contribution in [1.29, 1.82) is 0 Å². The lowest BCUT2D eigenvalue weighted by Gasteiger charge is -2.17. The average molecular weight is 362 g/mol. The molecular weight excluding hydrogens is 348 g/mol. The summed E-state index contributed by atoms with van der Waals surface area (Å²) < 4.78 is 7.16. The van der Waals surface area contributed by atoms with Crippen LogP contribution in [0.5, 0.6) is 5.75 Å². The summed E-state index contributed by atoms with van der Waals surface area (Å²) in [6.07, 6.45) is -0.671. The van der Waals surface area contributed by atoms with Gasteiger partial charge in [-0.3, -0.25) is 0 Å². The Morgan fingerprint density at radius 2 is 2.00 bits per heavy atom. The van der Waals surface area contributed by atoms with Crippen molar-refractivity contribution in [3.8, 4) is 5.75 Å². The van der Waals surface area contributed by atoms with Crippen molar-refractivity contribution in [2.45, 2.75) is 26.1 Å². The van der Waals surface area contributed by atoms with Gasteiger partial charge in [-0.05, 0) is 41.9 Å². The van der Waals surface area contributed by atoms with E-state index in [-0.39, 0.29) is 6.10 Å². The maximum atomic E-state index is 10.5. The zero-order chi connectivity index (χ0) is 14.0. The van der Waals surface area contributed by atoms with Crippen molar-refractivity contribution in [2.75, 3.05) is 0 Å². The van der Waals surface area contributed by atoms with Crippen LogP contribution >= 0.6 is 38.9 Å². The topological polar surface area (TPSA) is 29.5 Å². The highest BCUT2D eigenvalue weighted by atomic mass is 79.9. The van der Waals surface area contributed by atoms with Gasteiger partial charge in [0.05, 0.1) is 6.10 Å². The first-order valence-corrected chi connectivity index (χ1v) is 7.86. The summed E-state index contributed by atoms with van der Waals surface area (Å²) in [5.74, 6) is 0.700. The summed E-state index contributed by atoms with van der Waals surface area (Å²) in [4.78, 5) is 0.789. The van der Waals surface area contributed by atoms with Crippen LogP contribution in [-0.4, -0.2) is 11.2 Å². The van der Waals surface area contributed by atoms with Crippen LogP contribution in [0.3, 0.4) is 0 Å². The largest absolute Gasteiger partial charge is 0.491 e. The van der Waals surface area contributed by atoms with Gasteiger partial charge in [0, 0.05) is 14.9 Å². The number of hydrogen-bond acceptors (Lipinski definition) is 3. The molecule has 1 N–H and O–H groups in total. The fraction of sp³-hybridized carbons (Fsp3) is 0.286. The molecule has 0 spiro atoms. The fourth-order valence-corrected chi connectivity index (χ4v) is 3.46. The molecule has 2 nitrogen and oxygen atoms in total. The first-order chi connectivity index (χ1) is 8.99. The molecular formula is C14H14BrClO2S. The van der Waals surface area contributed by atoms with Crippen molar-refractivity contribution in [1.82, 2.24) is 0 Å².